The molecule has 88 valence electrons. The first kappa shape index (κ1) is 14.2. The van der Waals surface area contributed by atoms with Gasteiger partial charge in [-0.05, 0) is 26.2 Å². The van der Waals surface area contributed by atoms with E-state index in [4.69, 9.17) is 4.84 Å². The number of carbonyl (C=O) groups excluding carboxylic acids is 1. The van der Waals surface area contributed by atoms with E-state index in [2.05, 4.69) is 12.2 Å². The van der Waals surface area contributed by atoms with E-state index in [-0.39, 0.29) is 11.8 Å². The van der Waals surface area contributed by atoms with E-state index in [1.807, 2.05) is 13.8 Å². The molecular weight excluding hydrogens is 190 g/mol. The predicted molar refractivity (Wildman–Crippen MR) is 62.2 cm³/mol. The second kappa shape index (κ2) is 8.48. The molecule has 0 aromatic heterocycles. The van der Waals surface area contributed by atoms with Crippen LogP contribution in [0.25, 0.3) is 0 Å². The molecule has 0 aliphatic rings. The summed E-state index contributed by atoms with van der Waals surface area (Å²) in [4.78, 5) is 16.4. The molecule has 3 heteroatoms. The van der Waals surface area contributed by atoms with Crippen LogP contribution in [0.2, 0.25) is 0 Å². The van der Waals surface area contributed by atoms with Crippen molar-refractivity contribution in [1.29, 1.82) is 0 Å². The Labute approximate surface area is 93.1 Å². The van der Waals surface area contributed by atoms with Crippen molar-refractivity contribution >= 4 is 5.91 Å². The number of amides is 1. The van der Waals surface area contributed by atoms with Gasteiger partial charge < -0.3 is 0 Å². The van der Waals surface area contributed by atoms with E-state index in [9.17, 15) is 4.79 Å². The molecule has 1 atom stereocenters. The molecule has 0 fully saturated rings. The summed E-state index contributed by atoms with van der Waals surface area (Å²) in [5.41, 5.74) is 0. The highest BCUT2D eigenvalue weighted by molar-refractivity contribution is 5.77. The number of hydrogen-bond acceptors (Lipinski definition) is 2. The van der Waals surface area contributed by atoms with Crippen molar-refractivity contribution in [1.82, 2.24) is 5.06 Å². The molecule has 15 heavy (non-hydrogen) atoms. The minimum absolute atomic E-state index is 0.0561. The maximum absolute atomic E-state index is 11.6. The Hall–Kier alpha value is -0.830. The summed E-state index contributed by atoms with van der Waals surface area (Å²) in [6.45, 7) is 3.98. The van der Waals surface area contributed by atoms with Crippen LogP contribution in [0.5, 0.6) is 0 Å². The third-order valence-corrected chi connectivity index (χ3v) is 2.50. The second-order valence-corrected chi connectivity index (χ2v) is 3.77. The van der Waals surface area contributed by atoms with Crippen LogP contribution in [0, 0.1) is 5.92 Å². The van der Waals surface area contributed by atoms with Gasteiger partial charge in [-0.25, -0.2) is 5.06 Å². The molecule has 0 heterocycles. The molecule has 0 spiro atoms. The first-order valence-corrected chi connectivity index (χ1v) is 5.56. The van der Waals surface area contributed by atoms with E-state index >= 15 is 0 Å². The Kier molecular flexibility index (Phi) is 8.01. The van der Waals surface area contributed by atoms with Gasteiger partial charge in [0, 0.05) is 13.0 Å². The zero-order valence-corrected chi connectivity index (χ0v) is 10.3. The van der Waals surface area contributed by atoms with Crippen molar-refractivity contribution in [3.05, 3.63) is 12.2 Å². The van der Waals surface area contributed by atoms with E-state index < -0.39 is 0 Å². The Bertz CT molecular complexity index is 202. The zero-order valence-electron chi connectivity index (χ0n) is 10.3. The number of allylic oxidation sites excluding steroid dienone is 2. The SMILES string of the molecule is C/C=C/CCCCC(C)C(=O)N(C)OC. The highest BCUT2D eigenvalue weighted by Crippen LogP contribution is 2.12. The normalized spacial score (nSPS) is 13.1. The van der Waals surface area contributed by atoms with Gasteiger partial charge in [0.2, 0.25) is 5.91 Å². The quantitative estimate of drug-likeness (QED) is 0.370. The summed E-state index contributed by atoms with van der Waals surface area (Å²) < 4.78 is 0. The number of hydrogen-bond donors (Lipinski definition) is 0. The molecule has 0 N–H and O–H groups in total. The standard InChI is InChI=1S/C12H23NO2/c1-5-6-7-8-9-10-11(2)12(14)13(3)15-4/h5-6,11H,7-10H2,1-4H3/b6-5+. The van der Waals surface area contributed by atoms with E-state index in [0.717, 1.165) is 25.7 Å². The van der Waals surface area contributed by atoms with Crippen LogP contribution < -0.4 is 0 Å². The molecule has 0 radical (unpaired) electrons. The minimum atomic E-state index is 0.0561. The second-order valence-electron chi connectivity index (χ2n) is 3.77. The Balaban J connectivity index is 3.64. The molecule has 1 unspecified atom stereocenters. The fourth-order valence-corrected chi connectivity index (χ4v) is 1.40. The van der Waals surface area contributed by atoms with E-state index in [1.54, 1.807) is 7.05 Å². The molecular formula is C12H23NO2. The number of unbranched alkanes of at least 4 members (excludes halogenated alkanes) is 2. The molecule has 1 amide bonds. The molecule has 0 aliphatic carbocycles. The largest absolute Gasteiger partial charge is 0.275 e. The number of carbonyl (C=O) groups is 1. The molecule has 0 aromatic rings. The van der Waals surface area contributed by atoms with Crippen LogP contribution in [-0.4, -0.2) is 25.1 Å². The van der Waals surface area contributed by atoms with Crippen molar-refractivity contribution in [2.45, 2.75) is 39.5 Å². The van der Waals surface area contributed by atoms with Crippen LogP contribution >= 0.6 is 0 Å². The van der Waals surface area contributed by atoms with Crippen LogP contribution in [0.3, 0.4) is 0 Å². The lowest BCUT2D eigenvalue weighted by Gasteiger charge is -2.18. The molecule has 0 saturated carbocycles. The monoisotopic (exact) mass is 213 g/mol. The van der Waals surface area contributed by atoms with Crippen LogP contribution in [0.1, 0.15) is 39.5 Å². The average molecular weight is 213 g/mol. The molecule has 0 aromatic carbocycles. The van der Waals surface area contributed by atoms with Gasteiger partial charge in [0.25, 0.3) is 0 Å². The summed E-state index contributed by atoms with van der Waals surface area (Å²) in [5, 5.41) is 1.30. The maximum atomic E-state index is 11.6. The van der Waals surface area contributed by atoms with Crippen molar-refractivity contribution in [2.75, 3.05) is 14.2 Å². The highest BCUT2D eigenvalue weighted by atomic mass is 16.7. The lowest BCUT2D eigenvalue weighted by atomic mass is 10.0. The smallest absolute Gasteiger partial charge is 0.248 e. The third-order valence-electron chi connectivity index (χ3n) is 2.50. The van der Waals surface area contributed by atoms with Crippen LogP contribution in [-0.2, 0) is 9.63 Å². The zero-order chi connectivity index (χ0) is 11.7. The van der Waals surface area contributed by atoms with Gasteiger partial charge in [-0.15, -0.1) is 0 Å². The molecule has 0 aliphatic heterocycles. The molecule has 0 saturated heterocycles. The first-order chi connectivity index (χ1) is 7.13. The molecule has 0 bridgehead atoms. The average Bonchev–Trinajstić information content (AvgIpc) is 2.26. The van der Waals surface area contributed by atoms with Gasteiger partial charge >= 0.3 is 0 Å². The van der Waals surface area contributed by atoms with Gasteiger partial charge in [0.15, 0.2) is 0 Å². The number of hydroxylamine groups is 2. The number of rotatable bonds is 7. The Morgan fingerprint density at radius 2 is 2.13 bits per heavy atom. The molecule has 0 rings (SSSR count). The topological polar surface area (TPSA) is 29.5 Å². The summed E-state index contributed by atoms with van der Waals surface area (Å²) >= 11 is 0. The maximum Gasteiger partial charge on any atom is 0.248 e. The van der Waals surface area contributed by atoms with Gasteiger partial charge in [0.05, 0.1) is 7.11 Å². The van der Waals surface area contributed by atoms with Gasteiger partial charge in [0.1, 0.15) is 0 Å². The Morgan fingerprint density at radius 3 is 2.67 bits per heavy atom. The van der Waals surface area contributed by atoms with Gasteiger partial charge in [-0.1, -0.05) is 25.5 Å². The van der Waals surface area contributed by atoms with Crippen LogP contribution in [0.15, 0.2) is 12.2 Å². The summed E-state index contributed by atoms with van der Waals surface area (Å²) in [6.07, 6.45) is 8.51. The summed E-state index contributed by atoms with van der Waals surface area (Å²) in [5.74, 6) is 0.115. The van der Waals surface area contributed by atoms with Gasteiger partial charge in [-0.3, -0.25) is 9.63 Å². The highest BCUT2D eigenvalue weighted by Gasteiger charge is 2.16. The lowest BCUT2D eigenvalue weighted by molar-refractivity contribution is -0.173. The summed E-state index contributed by atoms with van der Waals surface area (Å²) in [7, 11) is 3.16. The van der Waals surface area contributed by atoms with Crippen molar-refractivity contribution in [3.8, 4) is 0 Å². The molecule has 3 nitrogen and oxygen atoms in total. The number of nitrogens with zero attached hydrogens (tertiary/aromatic N) is 1. The Morgan fingerprint density at radius 1 is 1.47 bits per heavy atom. The fraction of sp³-hybridized carbons (Fsp3) is 0.750. The van der Waals surface area contributed by atoms with Crippen molar-refractivity contribution in [2.24, 2.45) is 5.92 Å². The minimum Gasteiger partial charge on any atom is -0.275 e. The van der Waals surface area contributed by atoms with Gasteiger partial charge in [-0.2, -0.15) is 0 Å². The lowest BCUT2D eigenvalue weighted by Crippen LogP contribution is -2.30. The first-order valence-electron chi connectivity index (χ1n) is 5.56. The predicted octanol–water partition coefficient (Wildman–Crippen LogP) is 2.78. The van der Waals surface area contributed by atoms with E-state index in [0.29, 0.717) is 0 Å². The van der Waals surface area contributed by atoms with Crippen molar-refractivity contribution in [3.63, 3.8) is 0 Å². The van der Waals surface area contributed by atoms with E-state index in [1.165, 1.54) is 12.2 Å². The third kappa shape index (κ3) is 6.28. The van der Waals surface area contributed by atoms with Crippen LogP contribution in [0.4, 0.5) is 0 Å². The summed E-state index contributed by atoms with van der Waals surface area (Å²) in [6, 6.07) is 0. The fourth-order valence-electron chi connectivity index (χ4n) is 1.40. The van der Waals surface area contributed by atoms with Crippen molar-refractivity contribution < 1.29 is 9.63 Å².